The number of rotatable bonds is 6. The summed E-state index contributed by atoms with van der Waals surface area (Å²) in [6.45, 7) is 5.03. The molecule has 0 amide bonds. The molecule has 0 saturated heterocycles. The van der Waals surface area contributed by atoms with E-state index in [1.165, 1.54) is 0 Å². The molecular formula is C8H18O3. The van der Waals surface area contributed by atoms with Gasteiger partial charge in [-0.15, -0.1) is 0 Å². The van der Waals surface area contributed by atoms with Crippen molar-refractivity contribution in [3.8, 4) is 0 Å². The van der Waals surface area contributed by atoms with Crippen LogP contribution >= 0.6 is 0 Å². The highest BCUT2D eigenvalue weighted by Crippen LogP contribution is 2.19. The molecule has 0 rings (SSSR count). The van der Waals surface area contributed by atoms with Crippen molar-refractivity contribution in [3.05, 3.63) is 0 Å². The number of aliphatic hydroxyl groups is 1. The fraction of sp³-hybridized carbons (Fsp3) is 1.00. The van der Waals surface area contributed by atoms with Crippen molar-refractivity contribution in [1.82, 2.24) is 0 Å². The zero-order valence-corrected chi connectivity index (χ0v) is 7.59. The zero-order valence-electron chi connectivity index (χ0n) is 7.59. The molecule has 0 aromatic carbocycles. The Kier molecular flexibility index (Phi) is 5.46. The van der Waals surface area contributed by atoms with Crippen LogP contribution in [0.25, 0.3) is 0 Å². The first kappa shape index (κ1) is 10.9. The predicted octanol–water partition coefficient (Wildman–Crippen LogP) is 1.02. The van der Waals surface area contributed by atoms with E-state index in [9.17, 15) is 0 Å². The van der Waals surface area contributed by atoms with Crippen LogP contribution in [0.4, 0.5) is 0 Å². The highest BCUT2D eigenvalue weighted by molar-refractivity contribution is 4.69. The Morgan fingerprint density at radius 2 is 2.09 bits per heavy atom. The monoisotopic (exact) mass is 162 g/mol. The normalized spacial score (nSPS) is 16.4. The summed E-state index contributed by atoms with van der Waals surface area (Å²) in [4.78, 5) is 0. The quantitative estimate of drug-likeness (QED) is 0.468. The van der Waals surface area contributed by atoms with Crippen molar-refractivity contribution in [2.45, 2.75) is 20.3 Å². The van der Waals surface area contributed by atoms with Crippen LogP contribution in [0.15, 0.2) is 0 Å². The van der Waals surface area contributed by atoms with Crippen LogP contribution in [-0.4, -0.2) is 32.2 Å². The fourth-order valence-electron chi connectivity index (χ4n) is 0.631. The van der Waals surface area contributed by atoms with Crippen molar-refractivity contribution in [1.29, 1.82) is 0 Å². The molecule has 0 fully saturated rings. The van der Waals surface area contributed by atoms with Gasteiger partial charge in [-0.25, -0.2) is 0 Å². The number of aliphatic hydroxyl groups excluding tert-OH is 1. The van der Waals surface area contributed by atoms with Gasteiger partial charge in [0.2, 0.25) is 0 Å². The Balaban J connectivity index is 3.51. The summed E-state index contributed by atoms with van der Waals surface area (Å²) in [7, 11) is 1.59. The second-order valence-electron chi connectivity index (χ2n) is 3.08. The zero-order chi connectivity index (χ0) is 8.74. The summed E-state index contributed by atoms with van der Waals surface area (Å²) in [5.41, 5.74) is -0.113. The van der Waals surface area contributed by atoms with Crippen LogP contribution in [-0.2, 0) is 9.47 Å². The first-order valence-corrected chi connectivity index (χ1v) is 3.86. The maximum absolute atomic E-state index is 8.96. The summed E-state index contributed by atoms with van der Waals surface area (Å²) in [5.74, 6) is 0. The van der Waals surface area contributed by atoms with Crippen LogP contribution in [0, 0.1) is 5.41 Å². The number of ether oxygens (including phenoxy) is 2. The maximum atomic E-state index is 8.96. The van der Waals surface area contributed by atoms with E-state index in [-0.39, 0.29) is 12.0 Å². The minimum absolute atomic E-state index is 0.113. The summed E-state index contributed by atoms with van der Waals surface area (Å²) in [6, 6.07) is 0. The standard InChI is InChI=1S/C8H18O3/c1-4-8(2,5-9)6-11-7-10-3/h9H,4-7H2,1-3H3. The Bertz CT molecular complexity index is 89.3. The van der Waals surface area contributed by atoms with Crippen molar-refractivity contribution in [3.63, 3.8) is 0 Å². The molecule has 0 aliphatic heterocycles. The summed E-state index contributed by atoms with van der Waals surface area (Å²) >= 11 is 0. The van der Waals surface area contributed by atoms with Gasteiger partial charge in [-0.2, -0.15) is 0 Å². The Morgan fingerprint density at radius 1 is 1.45 bits per heavy atom. The Morgan fingerprint density at radius 3 is 2.45 bits per heavy atom. The predicted molar refractivity (Wildman–Crippen MR) is 43.3 cm³/mol. The molecular weight excluding hydrogens is 144 g/mol. The molecule has 0 bridgehead atoms. The molecule has 1 unspecified atom stereocenters. The lowest BCUT2D eigenvalue weighted by molar-refractivity contribution is -0.0725. The van der Waals surface area contributed by atoms with E-state index in [4.69, 9.17) is 14.6 Å². The van der Waals surface area contributed by atoms with E-state index in [1.807, 2.05) is 13.8 Å². The molecule has 0 aliphatic carbocycles. The van der Waals surface area contributed by atoms with Crippen molar-refractivity contribution in [2.24, 2.45) is 5.41 Å². The molecule has 0 saturated carbocycles. The van der Waals surface area contributed by atoms with E-state index in [0.29, 0.717) is 13.4 Å². The minimum Gasteiger partial charge on any atom is -0.396 e. The lowest BCUT2D eigenvalue weighted by Gasteiger charge is -2.24. The Labute approximate surface area is 68.3 Å². The van der Waals surface area contributed by atoms with Gasteiger partial charge in [0.1, 0.15) is 6.79 Å². The van der Waals surface area contributed by atoms with E-state index in [2.05, 4.69) is 0 Å². The van der Waals surface area contributed by atoms with E-state index < -0.39 is 0 Å². The SMILES string of the molecule is CCC(C)(CO)COCOC. The second kappa shape index (κ2) is 5.52. The van der Waals surface area contributed by atoms with Gasteiger partial charge in [-0.3, -0.25) is 0 Å². The van der Waals surface area contributed by atoms with E-state index in [0.717, 1.165) is 6.42 Å². The number of hydrogen-bond donors (Lipinski definition) is 1. The molecule has 0 heterocycles. The molecule has 3 nitrogen and oxygen atoms in total. The average Bonchev–Trinajstić information content (AvgIpc) is 2.05. The van der Waals surface area contributed by atoms with Gasteiger partial charge < -0.3 is 14.6 Å². The molecule has 0 radical (unpaired) electrons. The summed E-state index contributed by atoms with van der Waals surface area (Å²) in [5, 5.41) is 8.96. The molecule has 1 atom stereocenters. The van der Waals surface area contributed by atoms with E-state index in [1.54, 1.807) is 7.11 Å². The highest BCUT2D eigenvalue weighted by atomic mass is 16.7. The van der Waals surface area contributed by atoms with Crippen LogP contribution in [0.2, 0.25) is 0 Å². The third-order valence-electron chi connectivity index (χ3n) is 1.89. The van der Waals surface area contributed by atoms with Gasteiger partial charge in [-0.05, 0) is 6.42 Å². The topological polar surface area (TPSA) is 38.7 Å². The fourth-order valence-corrected chi connectivity index (χ4v) is 0.631. The maximum Gasteiger partial charge on any atom is 0.146 e. The molecule has 3 heteroatoms. The third-order valence-corrected chi connectivity index (χ3v) is 1.89. The van der Waals surface area contributed by atoms with Crippen molar-refractivity contribution >= 4 is 0 Å². The Hall–Kier alpha value is -0.120. The molecule has 11 heavy (non-hydrogen) atoms. The molecule has 0 aromatic rings. The molecule has 1 N–H and O–H groups in total. The average molecular weight is 162 g/mol. The molecule has 68 valence electrons. The van der Waals surface area contributed by atoms with Crippen LogP contribution in [0.3, 0.4) is 0 Å². The lowest BCUT2D eigenvalue weighted by Crippen LogP contribution is -2.27. The van der Waals surface area contributed by atoms with Gasteiger partial charge in [0.05, 0.1) is 13.2 Å². The second-order valence-corrected chi connectivity index (χ2v) is 3.08. The van der Waals surface area contributed by atoms with Gasteiger partial charge in [0.15, 0.2) is 0 Å². The van der Waals surface area contributed by atoms with Crippen molar-refractivity contribution < 1.29 is 14.6 Å². The van der Waals surface area contributed by atoms with E-state index >= 15 is 0 Å². The molecule has 0 aliphatic rings. The lowest BCUT2D eigenvalue weighted by atomic mass is 9.90. The molecule has 0 aromatic heterocycles. The van der Waals surface area contributed by atoms with Gasteiger partial charge in [0.25, 0.3) is 0 Å². The van der Waals surface area contributed by atoms with Gasteiger partial charge in [0, 0.05) is 12.5 Å². The first-order valence-electron chi connectivity index (χ1n) is 3.86. The summed E-state index contributed by atoms with van der Waals surface area (Å²) in [6.07, 6.45) is 0.910. The largest absolute Gasteiger partial charge is 0.396 e. The van der Waals surface area contributed by atoms with Crippen LogP contribution in [0.5, 0.6) is 0 Å². The summed E-state index contributed by atoms with van der Waals surface area (Å²) < 4.78 is 9.87. The third kappa shape index (κ3) is 4.35. The highest BCUT2D eigenvalue weighted by Gasteiger charge is 2.20. The number of hydrogen-bond acceptors (Lipinski definition) is 3. The van der Waals surface area contributed by atoms with Gasteiger partial charge in [-0.1, -0.05) is 13.8 Å². The number of methoxy groups -OCH3 is 1. The van der Waals surface area contributed by atoms with Gasteiger partial charge >= 0.3 is 0 Å². The molecule has 0 spiro atoms. The van der Waals surface area contributed by atoms with Crippen LogP contribution in [0.1, 0.15) is 20.3 Å². The van der Waals surface area contributed by atoms with Crippen molar-refractivity contribution in [2.75, 3.05) is 27.1 Å². The van der Waals surface area contributed by atoms with Crippen LogP contribution < -0.4 is 0 Å². The minimum atomic E-state index is -0.113. The first-order chi connectivity index (χ1) is 5.18. The smallest absolute Gasteiger partial charge is 0.146 e.